The molecule has 0 fully saturated rings. The van der Waals surface area contributed by atoms with Crippen LogP contribution >= 0.6 is 0 Å². The Morgan fingerprint density at radius 2 is 2.08 bits per heavy atom. The first-order valence-electron chi connectivity index (χ1n) is 8.70. The number of benzene rings is 1. The number of hydrogen-bond donors (Lipinski definition) is 0. The second-order valence-electron chi connectivity index (χ2n) is 7.66. The zero-order valence-electron chi connectivity index (χ0n) is 15.3. The number of allylic oxidation sites excluding steroid dienone is 3. The summed E-state index contributed by atoms with van der Waals surface area (Å²) in [5.41, 5.74) is 3.93. The van der Waals surface area contributed by atoms with Crippen molar-refractivity contribution < 1.29 is 9.18 Å². The van der Waals surface area contributed by atoms with Crippen LogP contribution in [0.4, 0.5) is 4.39 Å². The Bertz CT molecular complexity index is 672. The maximum absolute atomic E-state index is 13.9. The predicted octanol–water partition coefficient (Wildman–Crippen LogP) is 5.41. The summed E-state index contributed by atoms with van der Waals surface area (Å²) >= 11 is 0. The third kappa shape index (κ3) is 4.26. The molecule has 3 heteroatoms. The van der Waals surface area contributed by atoms with Crippen LogP contribution in [0.25, 0.3) is 0 Å². The van der Waals surface area contributed by atoms with Gasteiger partial charge in [-0.2, -0.15) is 0 Å². The molecule has 1 radical (unpaired) electrons. The molecule has 0 bridgehead atoms. The Morgan fingerprint density at radius 3 is 2.71 bits per heavy atom. The van der Waals surface area contributed by atoms with Crippen molar-refractivity contribution >= 4 is 13.0 Å². The molecule has 0 aromatic heterocycles. The third-order valence-electron chi connectivity index (χ3n) is 4.94. The van der Waals surface area contributed by atoms with E-state index in [1.54, 1.807) is 6.07 Å². The van der Waals surface area contributed by atoms with Crippen LogP contribution in [0.15, 0.2) is 42.0 Å². The minimum absolute atomic E-state index is 0.0809. The van der Waals surface area contributed by atoms with Crippen LogP contribution in [0.3, 0.4) is 0 Å². The minimum atomic E-state index is -0.177. The van der Waals surface area contributed by atoms with Gasteiger partial charge in [0.25, 0.3) is 0 Å². The molecule has 0 saturated heterocycles. The van der Waals surface area contributed by atoms with Crippen molar-refractivity contribution in [2.24, 2.45) is 5.92 Å². The highest BCUT2D eigenvalue weighted by atomic mass is 19.1. The van der Waals surface area contributed by atoms with Crippen LogP contribution in [0.5, 0.6) is 0 Å². The van der Waals surface area contributed by atoms with Crippen molar-refractivity contribution in [3.05, 3.63) is 58.9 Å². The summed E-state index contributed by atoms with van der Waals surface area (Å²) in [5, 5.41) is -0.0809. The van der Waals surface area contributed by atoms with E-state index in [-0.39, 0.29) is 22.7 Å². The Kier molecular flexibility index (Phi) is 5.85. The molecule has 1 unspecified atom stereocenters. The fraction of sp³-hybridized carbons (Fsp3) is 0.476. The van der Waals surface area contributed by atoms with E-state index in [2.05, 4.69) is 27.4 Å². The van der Waals surface area contributed by atoms with Gasteiger partial charge in [0.1, 0.15) is 11.5 Å². The molecule has 0 aliphatic carbocycles. The summed E-state index contributed by atoms with van der Waals surface area (Å²) in [7, 11) is 1.86. The Labute approximate surface area is 146 Å². The molecule has 1 nitrogen and oxygen atoms in total. The van der Waals surface area contributed by atoms with E-state index < -0.39 is 0 Å². The van der Waals surface area contributed by atoms with Gasteiger partial charge < -0.3 is 4.79 Å². The zero-order valence-corrected chi connectivity index (χ0v) is 15.3. The van der Waals surface area contributed by atoms with Gasteiger partial charge in [-0.15, -0.1) is 6.58 Å². The number of halogens is 1. The molecule has 1 aliphatic heterocycles. The lowest BCUT2D eigenvalue weighted by Gasteiger charge is -2.33. The van der Waals surface area contributed by atoms with E-state index >= 15 is 0 Å². The van der Waals surface area contributed by atoms with Gasteiger partial charge in [0, 0.05) is 0 Å². The van der Waals surface area contributed by atoms with Crippen molar-refractivity contribution in [3.63, 3.8) is 0 Å². The van der Waals surface area contributed by atoms with Crippen molar-refractivity contribution in [2.45, 2.75) is 58.7 Å². The summed E-state index contributed by atoms with van der Waals surface area (Å²) in [6, 6.07) is 5.21. The Balaban J connectivity index is 2.36. The standard InChI is InChI=1S/C21H27BFO/c1-6-7-9-17(12-16-10-8-11-18(23)15(16)3)19-14(2)13-21(4,5)22-20(19)24/h6,8,10-11,17H,1,7,9,12-13H2,2-5H3. The summed E-state index contributed by atoms with van der Waals surface area (Å²) in [6.07, 6.45) is 5.21. The van der Waals surface area contributed by atoms with Crippen molar-refractivity contribution in [2.75, 3.05) is 0 Å². The number of carbonyl (C=O) groups is 1. The topological polar surface area (TPSA) is 17.1 Å². The fourth-order valence-corrected chi connectivity index (χ4v) is 3.83. The molecule has 0 saturated carbocycles. The van der Waals surface area contributed by atoms with Crippen LogP contribution in [0.1, 0.15) is 51.2 Å². The fourth-order valence-electron chi connectivity index (χ4n) is 3.83. The van der Waals surface area contributed by atoms with Crippen LogP contribution < -0.4 is 0 Å². The van der Waals surface area contributed by atoms with Gasteiger partial charge in [-0.25, -0.2) is 4.39 Å². The van der Waals surface area contributed by atoms with Crippen LogP contribution in [0.2, 0.25) is 5.31 Å². The van der Waals surface area contributed by atoms with Crippen LogP contribution in [-0.2, 0) is 11.2 Å². The maximum Gasteiger partial charge on any atom is 0.215 e. The van der Waals surface area contributed by atoms with E-state index in [0.29, 0.717) is 12.0 Å². The number of hydrogen-bond acceptors (Lipinski definition) is 1. The van der Waals surface area contributed by atoms with Crippen molar-refractivity contribution in [1.29, 1.82) is 0 Å². The lowest BCUT2D eigenvalue weighted by molar-refractivity contribution is -0.109. The van der Waals surface area contributed by atoms with Crippen LogP contribution in [-0.4, -0.2) is 13.0 Å². The van der Waals surface area contributed by atoms with E-state index in [9.17, 15) is 9.18 Å². The second kappa shape index (κ2) is 7.50. The third-order valence-corrected chi connectivity index (χ3v) is 4.94. The average Bonchev–Trinajstić information content (AvgIpc) is 2.47. The van der Waals surface area contributed by atoms with E-state index in [4.69, 9.17) is 0 Å². The molecular formula is C21H27BFO. The highest BCUT2D eigenvalue weighted by molar-refractivity contribution is 6.80. The molecule has 0 spiro atoms. The molecule has 1 aromatic rings. The molecule has 127 valence electrons. The van der Waals surface area contributed by atoms with Gasteiger partial charge in [-0.05, 0) is 68.2 Å². The molecule has 1 aromatic carbocycles. The molecule has 24 heavy (non-hydrogen) atoms. The molecule has 1 aliphatic rings. The average molecular weight is 325 g/mol. The minimum Gasteiger partial charge on any atom is -0.307 e. The molecule has 0 amide bonds. The van der Waals surface area contributed by atoms with E-state index in [0.717, 1.165) is 30.4 Å². The molecule has 2 rings (SSSR count). The SMILES string of the molecule is C=CCCC(Cc1cccc(F)c1C)C1=C(C)CC(C)(C)[B]C1=O. The first-order chi connectivity index (χ1) is 11.2. The normalized spacial score (nSPS) is 18.3. The van der Waals surface area contributed by atoms with Gasteiger partial charge in [-0.1, -0.05) is 42.9 Å². The van der Waals surface area contributed by atoms with Gasteiger partial charge in [0.2, 0.25) is 7.28 Å². The highest BCUT2D eigenvalue weighted by Crippen LogP contribution is 2.41. The van der Waals surface area contributed by atoms with Gasteiger partial charge in [0.05, 0.1) is 0 Å². The van der Waals surface area contributed by atoms with Crippen molar-refractivity contribution in [3.8, 4) is 0 Å². The summed E-state index contributed by atoms with van der Waals surface area (Å²) in [5.74, 6) is -0.0633. The molecule has 1 heterocycles. The quantitative estimate of drug-likeness (QED) is 0.505. The van der Waals surface area contributed by atoms with Gasteiger partial charge in [0.15, 0.2) is 0 Å². The smallest absolute Gasteiger partial charge is 0.215 e. The maximum atomic E-state index is 13.9. The number of carbonyl (C=O) groups excluding carboxylic acids is 1. The molecular weight excluding hydrogens is 298 g/mol. The first kappa shape index (κ1) is 18.7. The largest absolute Gasteiger partial charge is 0.307 e. The first-order valence-corrected chi connectivity index (χ1v) is 8.70. The summed E-state index contributed by atoms with van der Waals surface area (Å²) in [4.78, 5) is 12.8. The van der Waals surface area contributed by atoms with Gasteiger partial charge >= 0.3 is 0 Å². The molecule has 0 N–H and O–H groups in total. The Morgan fingerprint density at radius 1 is 1.38 bits per heavy atom. The summed E-state index contributed by atoms with van der Waals surface area (Å²) in [6.45, 7) is 11.9. The second-order valence-corrected chi connectivity index (χ2v) is 7.66. The number of rotatable bonds is 6. The lowest BCUT2D eigenvalue weighted by atomic mass is 9.44. The summed E-state index contributed by atoms with van der Waals surface area (Å²) < 4.78 is 13.9. The van der Waals surface area contributed by atoms with E-state index in [1.165, 1.54) is 11.6 Å². The monoisotopic (exact) mass is 325 g/mol. The van der Waals surface area contributed by atoms with Crippen molar-refractivity contribution in [1.82, 2.24) is 0 Å². The Hall–Kier alpha value is -1.64. The zero-order chi connectivity index (χ0) is 17.9. The van der Waals surface area contributed by atoms with Gasteiger partial charge in [-0.3, -0.25) is 0 Å². The van der Waals surface area contributed by atoms with E-state index in [1.807, 2.05) is 26.3 Å². The lowest BCUT2D eigenvalue weighted by Crippen LogP contribution is -2.33. The molecule has 1 atom stereocenters. The van der Waals surface area contributed by atoms with Crippen LogP contribution in [0, 0.1) is 18.7 Å². The highest BCUT2D eigenvalue weighted by Gasteiger charge is 2.35. The predicted molar refractivity (Wildman–Crippen MR) is 99.9 cm³/mol.